The summed E-state index contributed by atoms with van der Waals surface area (Å²) in [6.07, 6.45) is 2.51. The van der Waals surface area contributed by atoms with E-state index in [9.17, 15) is 0 Å². The van der Waals surface area contributed by atoms with Gasteiger partial charge < -0.3 is 15.4 Å². The predicted molar refractivity (Wildman–Crippen MR) is 121 cm³/mol. The zero-order valence-corrected chi connectivity index (χ0v) is 19.0. The van der Waals surface area contributed by atoms with Gasteiger partial charge in [0.2, 0.25) is 0 Å². The van der Waals surface area contributed by atoms with Crippen molar-refractivity contribution in [2.45, 2.75) is 46.2 Å². The van der Waals surface area contributed by atoms with Crippen LogP contribution in [0.25, 0.3) is 0 Å². The van der Waals surface area contributed by atoms with Crippen LogP contribution in [0.3, 0.4) is 0 Å². The Hall–Kier alpha value is -0.860. The molecule has 5 nitrogen and oxygen atoms in total. The van der Waals surface area contributed by atoms with Gasteiger partial charge in [-0.15, -0.1) is 24.0 Å². The minimum absolute atomic E-state index is 0. The van der Waals surface area contributed by atoms with Crippen LogP contribution >= 0.6 is 24.0 Å². The zero-order valence-electron chi connectivity index (χ0n) is 16.7. The lowest BCUT2D eigenvalue weighted by Crippen LogP contribution is -2.45. The molecule has 0 aliphatic carbocycles. The average Bonchev–Trinajstić information content (AvgIpc) is 3.04. The molecule has 0 spiro atoms. The van der Waals surface area contributed by atoms with Gasteiger partial charge in [-0.05, 0) is 51.3 Å². The molecule has 2 N–H and O–H groups in total. The van der Waals surface area contributed by atoms with Gasteiger partial charge in [0.15, 0.2) is 5.96 Å². The lowest BCUT2D eigenvalue weighted by atomic mass is 10.1. The van der Waals surface area contributed by atoms with Crippen molar-refractivity contribution < 1.29 is 4.74 Å². The molecule has 26 heavy (non-hydrogen) atoms. The number of nitrogens with zero attached hydrogens (tertiary/aromatic N) is 2. The minimum Gasteiger partial charge on any atom is -0.383 e. The number of guanidine groups is 1. The van der Waals surface area contributed by atoms with Crippen molar-refractivity contribution in [2.75, 3.05) is 39.9 Å². The van der Waals surface area contributed by atoms with Gasteiger partial charge in [-0.2, -0.15) is 0 Å². The van der Waals surface area contributed by atoms with Crippen molar-refractivity contribution in [1.29, 1.82) is 0 Å². The molecule has 1 atom stereocenters. The Balaban J connectivity index is 0.00000338. The van der Waals surface area contributed by atoms with Gasteiger partial charge in [-0.1, -0.05) is 23.8 Å². The number of nitrogens with one attached hydrogen (secondary N) is 2. The molecular formula is C20H35IN4O. The van der Waals surface area contributed by atoms with Crippen molar-refractivity contribution in [3.05, 3.63) is 34.9 Å². The lowest BCUT2D eigenvalue weighted by Gasteiger charge is -2.25. The first-order valence-corrected chi connectivity index (χ1v) is 9.45. The molecule has 148 valence electrons. The van der Waals surface area contributed by atoms with Gasteiger partial charge in [0, 0.05) is 32.8 Å². The largest absolute Gasteiger partial charge is 0.383 e. The topological polar surface area (TPSA) is 48.9 Å². The smallest absolute Gasteiger partial charge is 0.191 e. The van der Waals surface area contributed by atoms with Crippen molar-refractivity contribution in [3.63, 3.8) is 0 Å². The molecule has 1 saturated heterocycles. The van der Waals surface area contributed by atoms with E-state index < -0.39 is 0 Å². The molecule has 2 rings (SSSR count). The van der Waals surface area contributed by atoms with Crippen LogP contribution in [0.2, 0.25) is 0 Å². The van der Waals surface area contributed by atoms with Gasteiger partial charge in [-0.25, -0.2) is 4.99 Å². The van der Waals surface area contributed by atoms with E-state index in [1.807, 2.05) is 0 Å². The summed E-state index contributed by atoms with van der Waals surface area (Å²) in [5, 5.41) is 6.89. The maximum atomic E-state index is 5.23. The molecule has 0 amide bonds. The summed E-state index contributed by atoms with van der Waals surface area (Å²) < 4.78 is 5.23. The maximum Gasteiger partial charge on any atom is 0.191 e. The first-order valence-electron chi connectivity index (χ1n) is 9.45. The second-order valence-electron chi connectivity index (χ2n) is 6.83. The molecule has 0 aromatic heterocycles. The van der Waals surface area contributed by atoms with Gasteiger partial charge in [0.25, 0.3) is 0 Å². The molecule has 1 aliphatic rings. The molecule has 1 unspecified atom stereocenters. The van der Waals surface area contributed by atoms with E-state index in [4.69, 9.17) is 9.73 Å². The summed E-state index contributed by atoms with van der Waals surface area (Å²) >= 11 is 0. The molecule has 1 fully saturated rings. The number of hydrogen-bond donors (Lipinski definition) is 2. The fraction of sp³-hybridized carbons (Fsp3) is 0.650. The standard InChI is InChI=1S/C20H34N4O.HI/c1-5-21-20(22-14-18-9-8-16(2)13-17(18)3)23-15-19-7-6-10-24(19)11-12-25-4;/h8-9,13,19H,5-7,10-12,14-15H2,1-4H3,(H2,21,22,23);1H. The van der Waals surface area contributed by atoms with Gasteiger partial charge in [-0.3, -0.25) is 4.90 Å². The highest BCUT2D eigenvalue weighted by Crippen LogP contribution is 2.16. The van der Waals surface area contributed by atoms with Crippen LogP contribution in [0.5, 0.6) is 0 Å². The molecule has 0 radical (unpaired) electrons. The van der Waals surface area contributed by atoms with Crippen molar-refractivity contribution in [3.8, 4) is 0 Å². The normalized spacial score (nSPS) is 17.8. The molecule has 0 saturated carbocycles. The quantitative estimate of drug-likeness (QED) is 0.346. The van der Waals surface area contributed by atoms with E-state index in [0.29, 0.717) is 12.6 Å². The molecule has 1 heterocycles. The fourth-order valence-corrected chi connectivity index (χ4v) is 3.37. The first-order chi connectivity index (χ1) is 12.1. The van der Waals surface area contributed by atoms with Crippen molar-refractivity contribution in [2.24, 2.45) is 4.99 Å². The van der Waals surface area contributed by atoms with Gasteiger partial charge in [0.05, 0.1) is 13.2 Å². The van der Waals surface area contributed by atoms with E-state index in [2.05, 4.69) is 54.5 Å². The third-order valence-corrected chi connectivity index (χ3v) is 4.84. The average molecular weight is 474 g/mol. The Morgan fingerprint density at radius 3 is 2.81 bits per heavy atom. The van der Waals surface area contributed by atoms with E-state index in [1.54, 1.807) is 7.11 Å². The highest BCUT2D eigenvalue weighted by Gasteiger charge is 2.23. The number of likely N-dealkylation sites (tertiary alicyclic amines) is 1. The Bertz CT molecular complexity index is 565. The highest BCUT2D eigenvalue weighted by atomic mass is 127. The van der Waals surface area contributed by atoms with Crippen LogP contribution in [-0.2, 0) is 11.3 Å². The van der Waals surface area contributed by atoms with Gasteiger partial charge in [0.1, 0.15) is 0 Å². The number of benzene rings is 1. The monoisotopic (exact) mass is 474 g/mol. The SMILES string of the molecule is CCNC(=NCc1ccc(C)cc1C)NCC1CCCN1CCOC.I. The summed E-state index contributed by atoms with van der Waals surface area (Å²) in [6.45, 7) is 11.9. The van der Waals surface area contributed by atoms with Crippen LogP contribution in [0.1, 0.15) is 36.5 Å². The fourth-order valence-electron chi connectivity index (χ4n) is 3.37. The number of hydrogen-bond acceptors (Lipinski definition) is 3. The minimum atomic E-state index is 0. The maximum absolute atomic E-state index is 5.23. The number of rotatable bonds is 8. The number of aryl methyl sites for hydroxylation is 2. The van der Waals surface area contributed by atoms with Crippen LogP contribution in [0, 0.1) is 13.8 Å². The summed E-state index contributed by atoms with van der Waals surface area (Å²) in [6, 6.07) is 7.13. The van der Waals surface area contributed by atoms with Crippen molar-refractivity contribution >= 4 is 29.9 Å². The lowest BCUT2D eigenvalue weighted by molar-refractivity contribution is 0.141. The predicted octanol–water partition coefficient (Wildman–Crippen LogP) is 3.09. The van der Waals surface area contributed by atoms with E-state index in [1.165, 1.54) is 36.1 Å². The third kappa shape index (κ3) is 7.40. The summed E-state index contributed by atoms with van der Waals surface area (Å²) in [5.41, 5.74) is 3.89. The molecule has 1 aromatic carbocycles. The van der Waals surface area contributed by atoms with Gasteiger partial charge >= 0.3 is 0 Å². The first kappa shape index (κ1) is 23.2. The molecular weight excluding hydrogens is 439 g/mol. The Morgan fingerprint density at radius 2 is 2.12 bits per heavy atom. The number of ether oxygens (including phenoxy) is 1. The third-order valence-electron chi connectivity index (χ3n) is 4.84. The second kappa shape index (κ2) is 12.5. The summed E-state index contributed by atoms with van der Waals surface area (Å²) in [4.78, 5) is 7.29. The highest BCUT2D eigenvalue weighted by molar-refractivity contribution is 14.0. The number of methoxy groups -OCH3 is 1. The van der Waals surface area contributed by atoms with E-state index in [0.717, 1.165) is 32.2 Å². The van der Waals surface area contributed by atoms with E-state index >= 15 is 0 Å². The van der Waals surface area contributed by atoms with E-state index in [-0.39, 0.29) is 24.0 Å². The second-order valence-corrected chi connectivity index (χ2v) is 6.83. The van der Waals surface area contributed by atoms with Crippen LogP contribution in [0.4, 0.5) is 0 Å². The van der Waals surface area contributed by atoms with Crippen LogP contribution in [0.15, 0.2) is 23.2 Å². The molecule has 1 aromatic rings. The Kier molecular flexibility index (Phi) is 11.2. The molecule has 1 aliphatic heterocycles. The van der Waals surface area contributed by atoms with Crippen LogP contribution < -0.4 is 10.6 Å². The molecule has 0 bridgehead atoms. The Morgan fingerprint density at radius 1 is 1.31 bits per heavy atom. The van der Waals surface area contributed by atoms with Crippen molar-refractivity contribution in [1.82, 2.24) is 15.5 Å². The Labute approximate surface area is 176 Å². The number of aliphatic imine (C=N–C) groups is 1. The molecule has 6 heteroatoms. The summed E-state index contributed by atoms with van der Waals surface area (Å²) in [7, 11) is 1.77. The number of halogens is 1. The summed E-state index contributed by atoms with van der Waals surface area (Å²) in [5.74, 6) is 0.904. The van der Waals surface area contributed by atoms with Crippen LogP contribution in [-0.4, -0.2) is 56.8 Å². The zero-order chi connectivity index (χ0) is 18.1.